The van der Waals surface area contributed by atoms with Gasteiger partial charge in [-0.25, -0.2) is 0 Å². The second-order valence-electron chi connectivity index (χ2n) is 4.48. The molecule has 0 bridgehead atoms. The van der Waals surface area contributed by atoms with E-state index in [4.69, 9.17) is 0 Å². The summed E-state index contributed by atoms with van der Waals surface area (Å²) in [5.41, 5.74) is 0.374. The van der Waals surface area contributed by atoms with Crippen LogP contribution in [0.2, 0.25) is 0 Å². The third-order valence-corrected chi connectivity index (χ3v) is 3.09. The molecule has 1 heterocycles. The maximum absolute atomic E-state index is 11.8. The van der Waals surface area contributed by atoms with Crippen LogP contribution in [-0.4, -0.2) is 34.0 Å². The number of ketones is 1. The summed E-state index contributed by atoms with van der Waals surface area (Å²) in [4.78, 5) is 14.0. The van der Waals surface area contributed by atoms with E-state index in [1.54, 1.807) is 0 Å². The van der Waals surface area contributed by atoms with Gasteiger partial charge in [-0.1, -0.05) is 0 Å². The summed E-state index contributed by atoms with van der Waals surface area (Å²) in [5, 5.41) is 18.5. The molecule has 0 amide bonds. The van der Waals surface area contributed by atoms with Gasteiger partial charge in [0.15, 0.2) is 17.3 Å². The molecule has 18 heavy (non-hydrogen) atoms. The van der Waals surface area contributed by atoms with Crippen molar-refractivity contribution in [2.45, 2.75) is 19.3 Å². The Hall–Kier alpha value is -1.97. The molecule has 0 aliphatic carbocycles. The first kappa shape index (κ1) is 12.5. The Bertz CT molecular complexity index is 462. The quantitative estimate of drug-likeness (QED) is 0.488. The molecule has 0 aromatic heterocycles. The molecule has 2 N–H and O–H groups in total. The lowest BCUT2D eigenvalue weighted by Gasteiger charge is -2.24. The highest BCUT2D eigenvalue weighted by molar-refractivity contribution is 6.04. The monoisotopic (exact) mass is 247 g/mol. The third-order valence-electron chi connectivity index (χ3n) is 3.09. The van der Waals surface area contributed by atoms with Crippen LogP contribution in [0.3, 0.4) is 0 Å². The minimum Gasteiger partial charge on any atom is -0.504 e. The number of hydrogen-bond acceptors (Lipinski definition) is 4. The largest absolute Gasteiger partial charge is 0.504 e. The number of carbonyl (C=O) groups excluding carboxylic acids is 1. The average Bonchev–Trinajstić information content (AvgIpc) is 2.40. The van der Waals surface area contributed by atoms with Gasteiger partial charge in [0.25, 0.3) is 0 Å². The van der Waals surface area contributed by atoms with Crippen molar-refractivity contribution in [2.24, 2.45) is 0 Å². The lowest BCUT2D eigenvalue weighted by molar-refractivity contribution is 0.104. The van der Waals surface area contributed by atoms with Crippen LogP contribution in [0.1, 0.15) is 29.6 Å². The molecule has 1 aromatic carbocycles. The molecule has 96 valence electrons. The molecule has 1 aliphatic heterocycles. The summed E-state index contributed by atoms with van der Waals surface area (Å²) in [7, 11) is 0. The lowest BCUT2D eigenvalue weighted by Crippen LogP contribution is -2.24. The van der Waals surface area contributed by atoms with Gasteiger partial charge >= 0.3 is 0 Å². The van der Waals surface area contributed by atoms with Crippen molar-refractivity contribution in [1.82, 2.24) is 4.90 Å². The summed E-state index contributed by atoms with van der Waals surface area (Å²) >= 11 is 0. The maximum Gasteiger partial charge on any atom is 0.187 e. The summed E-state index contributed by atoms with van der Waals surface area (Å²) in [6, 6.07) is 4.09. The van der Waals surface area contributed by atoms with Crippen LogP contribution < -0.4 is 0 Å². The molecular weight excluding hydrogens is 230 g/mol. The number of hydrogen-bond donors (Lipinski definition) is 2. The highest BCUT2D eigenvalue weighted by atomic mass is 16.3. The number of phenolic OH excluding ortho intramolecular Hbond substituents is 2. The Labute approximate surface area is 106 Å². The number of rotatable bonds is 3. The molecule has 0 atom stereocenters. The molecule has 0 radical (unpaired) electrons. The molecule has 1 saturated heterocycles. The van der Waals surface area contributed by atoms with Gasteiger partial charge in [0.05, 0.1) is 0 Å². The molecular formula is C14H17NO3. The topological polar surface area (TPSA) is 60.8 Å². The van der Waals surface area contributed by atoms with Gasteiger partial charge < -0.3 is 15.1 Å². The van der Waals surface area contributed by atoms with Crippen molar-refractivity contribution in [3.8, 4) is 11.5 Å². The van der Waals surface area contributed by atoms with Crippen LogP contribution in [0, 0.1) is 0 Å². The van der Waals surface area contributed by atoms with Crippen LogP contribution in [0.15, 0.2) is 30.5 Å². The van der Waals surface area contributed by atoms with Crippen molar-refractivity contribution in [1.29, 1.82) is 0 Å². The van der Waals surface area contributed by atoms with Crippen LogP contribution in [-0.2, 0) is 0 Å². The summed E-state index contributed by atoms with van der Waals surface area (Å²) in [5.74, 6) is -0.658. The van der Waals surface area contributed by atoms with Crippen LogP contribution in [0.5, 0.6) is 11.5 Å². The van der Waals surface area contributed by atoms with E-state index < -0.39 is 0 Å². The number of likely N-dealkylation sites (tertiary alicyclic amines) is 1. The van der Waals surface area contributed by atoms with Gasteiger partial charge in [-0.05, 0) is 37.5 Å². The van der Waals surface area contributed by atoms with Crippen molar-refractivity contribution in [3.63, 3.8) is 0 Å². The summed E-state index contributed by atoms with van der Waals surface area (Å²) in [6.45, 7) is 1.98. The fourth-order valence-electron chi connectivity index (χ4n) is 2.01. The number of phenols is 2. The molecule has 1 aliphatic rings. The minimum absolute atomic E-state index is 0.170. The zero-order valence-corrected chi connectivity index (χ0v) is 10.2. The Morgan fingerprint density at radius 1 is 1.11 bits per heavy atom. The molecule has 1 fully saturated rings. The van der Waals surface area contributed by atoms with Crippen molar-refractivity contribution in [3.05, 3.63) is 36.0 Å². The fraction of sp³-hybridized carbons (Fsp3) is 0.357. The van der Waals surface area contributed by atoms with E-state index in [1.165, 1.54) is 43.5 Å². The zero-order chi connectivity index (χ0) is 13.0. The van der Waals surface area contributed by atoms with Crippen LogP contribution in [0.25, 0.3) is 0 Å². The van der Waals surface area contributed by atoms with Crippen LogP contribution in [0.4, 0.5) is 0 Å². The summed E-state index contributed by atoms with van der Waals surface area (Å²) in [6.07, 6.45) is 6.91. The highest BCUT2D eigenvalue weighted by Gasteiger charge is 2.08. The fourth-order valence-corrected chi connectivity index (χ4v) is 2.01. The number of carbonyl (C=O) groups is 1. The van der Waals surface area contributed by atoms with Gasteiger partial charge in [0, 0.05) is 30.9 Å². The van der Waals surface area contributed by atoms with Gasteiger partial charge in [-0.2, -0.15) is 0 Å². The van der Waals surface area contributed by atoms with E-state index in [0.29, 0.717) is 5.56 Å². The Balaban J connectivity index is 2.02. The average molecular weight is 247 g/mol. The molecule has 0 unspecified atom stereocenters. The number of aromatic hydroxyl groups is 2. The highest BCUT2D eigenvalue weighted by Crippen LogP contribution is 2.25. The number of piperidine rings is 1. The Morgan fingerprint density at radius 2 is 1.83 bits per heavy atom. The molecule has 2 rings (SSSR count). The predicted octanol–water partition coefficient (Wildman–Crippen LogP) is 2.28. The van der Waals surface area contributed by atoms with Crippen molar-refractivity contribution >= 4 is 5.78 Å². The Kier molecular flexibility index (Phi) is 3.87. The predicted molar refractivity (Wildman–Crippen MR) is 68.7 cm³/mol. The van der Waals surface area contributed by atoms with E-state index in [1.807, 2.05) is 6.20 Å². The molecule has 0 spiro atoms. The second-order valence-corrected chi connectivity index (χ2v) is 4.48. The first-order valence-electron chi connectivity index (χ1n) is 6.15. The van der Waals surface area contributed by atoms with E-state index in [-0.39, 0.29) is 17.3 Å². The smallest absolute Gasteiger partial charge is 0.187 e. The normalized spacial score (nSPS) is 16.1. The zero-order valence-electron chi connectivity index (χ0n) is 10.2. The van der Waals surface area contributed by atoms with E-state index in [9.17, 15) is 15.0 Å². The van der Waals surface area contributed by atoms with Gasteiger partial charge in [-0.3, -0.25) is 4.79 Å². The lowest BCUT2D eigenvalue weighted by atomic mass is 10.1. The van der Waals surface area contributed by atoms with Gasteiger partial charge in [0.1, 0.15) is 0 Å². The van der Waals surface area contributed by atoms with Gasteiger partial charge in [-0.15, -0.1) is 0 Å². The van der Waals surface area contributed by atoms with Crippen molar-refractivity contribution < 1.29 is 15.0 Å². The maximum atomic E-state index is 11.8. The summed E-state index contributed by atoms with van der Waals surface area (Å²) < 4.78 is 0. The van der Waals surface area contributed by atoms with Gasteiger partial charge in [0.2, 0.25) is 0 Å². The Morgan fingerprint density at radius 3 is 2.50 bits per heavy atom. The first-order chi connectivity index (χ1) is 8.66. The molecule has 4 nitrogen and oxygen atoms in total. The first-order valence-corrected chi connectivity index (χ1v) is 6.15. The standard InChI is InChI=1S/C14H17NO3/c16-12(6-9-15-7-2-1-3-8-15)11-4-5-13(17)14(18)10-11/h4-6,9-10,17-18H,1-3,7-8H2/b9-6+. The van der Waals surface area contributed by atoms with Crippen LogP contribution >= 0.6 is 0 Å². The van der Waals surface area contributed by atoms with E-state index in [0.717, 1.165) is 13.1 Å². The third kappa shape index (κ3) is 3.03. The second kappa shape index (κ2) is 5.58. The SMILES string of the molecule is O=C(/C=C/N1CCCCC1)c1ccc(O)c(O)c1. The number of allylic oxidation sites excluding steroid dienone is 1. The molecule has 1 aromatic rings. The molecule has 4 heteroatoms. The number of benzene rings is 1. The van der Waals surface area contributed by atoms with Crippen molar-refractivity contribution in [2.75, 3.05) is 13.1 Å². The van der Waals surface area contributed by atoms with E-state index in [2.05, 4.69) is 4.90 Å². The van der Waals surface area contributed by atoms with E-state index >= 15 is 0 Å². The minimum atomic E-state index is -0.271. The number of nitrogens with zero attached hydrogens (tertiary/aromatic N) is 1. The molecule has 0 saturated carbocycles.